The topological polar surface area (TPSA) is 0 Å². The van der Waals surface area contributed by atoms with Gasteiger partial charge < -0.3 is 0 Å². The van der Waals surface area contributed by atoms with Crippen LogP contribution in [0.15, 0.2) is 30.3 Å². The standard InChI is InChI=1S/C26H31F3/c1-2-3-4-17-5-7-18(8-6-17)22-15-24(28)26(25(29)16-22)21-10-9-20-14-23(27)12-11-19(20)13-21/h11-12,14-18,21H,2-10,13H2,1H3. The van der Waals surface area contributed by atoms with Gasteiger partial charge in [-0.2, -0.15) is 0 Å². The van der Waals surface area contributed by atoms with Crippen molar-refractivity contribution in [3.63, 3.8) is 0 Å². The van der Waals surface area contributed by atoms with Crippen molar-refractivity contribution in [1.82, 2.24) is 0 Å². The number of benzene rings is 2. The van der Waals surface area contributed by atoms with Gasteiger partial charge in [-0.1, -0.05) is 32.3 Å². The van der Waals surface area contributed by atoms with E-state index < -0.39 is 11.6 Å². The number of halogens is 3. The Bertz CT molecular complexity index is 826. The second-order valence-electron chi connectivity index (χ2n) is 9.11. The minimum absolute atomic E-state index is 0.174. The maximum Gasteiger partial charge on any atom is 0.129 e. The Morgan fingerprint density at radius 2 is 1.55 bits per heavy atom. The van der Waals surface area contributed by atoms with Crippen molar-refractivity contribution >= 4 is 0 Å². The van der Waals surface area contributed by atoms with E-state index in [0.29, 0.717) is 19.3 Å². The van der Waals surface area contributed by atoms with Gasteiger partial charge >= 0.3 is 0 Å². The molecule has 2 aromatic carbocycles. The molecule has 0 radical (unpaired) electrons. The molecule has 0 heterocycles. The van der Waals surface area contributed by atoms with Gasteiger partial charge in [0.1, 0.15) is 17.5 Å². The third kappa shape index (κ3) is 4.54. The third-order valence-electron chi connectivity index (χ3n) is 7.19. The minimum atomic E-state index is -0.399. The lowest BCUT2D eigenvalue weighted by molar-refractivity contribution is 0.303. The summed E-state index contributed by atoms with van der Waals surface area (Å²) in [6.45, 7) is 2.22. The van der Waals surface area contributed by atoms with E-state index in [0.717, 1.165) is 35.4 Å². The molecule has 2 aliphatic carbocycles. The van der Waals surface area contributed by atoms with Crippen LogP contribution in [0.5, 0.6) is 0 Å². The van der Waals surface area contributed by atoms with E-state index in [1.165, 1.54) is 38.2 Å². The molecule has 1 fully saturated rings. The van der Waals surface area contributed by atoms with E-state index in [2.05, 4.69) is 6.92 Å². The first-order valence-corrected chi connectivity index (χ1v) is 11.3. The molecule has 2 aromatic rings. The van der Waals surface area contributed by atoms with Gasteiger partial charge in [-0.15, -0.1) is 0 Å². The van der Waals surface area contributed by atoms with Crippen molar-refractivity contribution in [2.45, 2.75) is 83.0 Å². The summed E-state index contributed by atoms with van der Waals surface area (Å²) in [5, 5.41) is 0. The fourth-order valence-corrected chi connectivity index (χ4v) is 5.48. The summed E-state index contributed by atoms with van der Waals surface area (Å²) < 4.78 is 43.5. The predicted octanol–water partition coefficient (Wildman–Crippen LogP) is 7.84. The molecule has 4 rings (SSSR count). The zero-order valence-electron chi connectivity index (χ0n) is 17.3. The molecule has 0 N–H and O–H groups in total. The van der Waals surface area contributed by atoms with Crippen LogP contribution in [0, 0.1) is 23.4 Å². The summed E-state index contributed by atoms with van der Waals surface area (Å²) in [4.78, 5) is 0. The van der Waals surface area contributed by atoms with Crippen LogP contribution in [0.1, 0.15) is 92.4 Å². The second-order valence-corrected chi connectivity index (χ2v) is 9.11. The lowest BCUT2D eigenvalue weighted by Crippen LogP contribution is -2.17. The molecule has 0 bridgehead atoms. The molecule has 156 valence electrons. The average Bonchev–Trinajstić information content (AvgIpc) is 2.72. The van der Waals surface area contributed by atoms with Gasteiger partial charge in [0.05, 0.1) is 0 Å². The van der Waals surface area contributed by atoms with Gasteiger partial charge in [0.25, 0.3) is 0 Å². The maximum atomic E-state index is 15.0. The van der Waals surface area contributed by atoms with Gasteiger partial charge in [0, 0.05) is 5.56 Å². The van der Waals surface area contributed by atoms with Gasteiger partial charge in [0.2, 0.25) is 0 Å². The Morgan fingerprint density at radius 1 is 0.828 bits per heavy atom. The van der Waals surface area contributed by atoms with E-state index in [9.17, 15) is 4.39 Å². The molecule has 0 aliphatic heterocycles. The van der Waals surface area contributed by atoms with Gasteiger partial charge in [-0.3, -0.25) is 0 Å². The number of aryl methyl sites for hydroxylation is 1. The second kappa shape index (κ2) is 8.93. The highest BCUT2D eigenvalue weighted by Gasteiger charge is 2.28. The fraction of sp³-hybridized carbons (Fsp3) is 0.538. The molecule has 2 aliphatic rings. The summed E-state index contributed by atoms with van der Waals surface area (Å²) >= 11 is 0. The molecule has 0 spiro atoms. The lowest BCUT2D eigenvalue weighted by atomic mass is 9.76. The van der Waals surface area contributed by atoms with Crippen LogP contribution < -0.4 is 0 Å². The lowest BCUT2D eigenvalue weighted by Gasteiger charge is -2.30. The summed E-state index contributed by atoms with van der Waals surface area (Å²) in [6, 6.07) is 7.94. The van der Waals surface area contributed by atoms with Crippen molar-refractivity contribution in [2.24, 2.45) is 5.92 Å². The molecule has 1 atom stereocenters. The van der Waals surface area contributed by atoms with Crippen LogP contribution in [0.25, 0.3) is 0 Å². The normalized spacial score (nSPS) is 24.3. The van der Waals surface area contributed by atoms with Crippen LogP contribution >= 0.6 is 0 Å². The van der Waals surface area contributed by atoms with Crippen molar-refractivity contribution < 1.29 is 13.2 Å². The summed E-state index contributed by atoms with van der Waals surface area (Å²) in [7, 11) is 0. The van der Waals surface area contributed by atoms with Crippen LogP contribution in [0.3, 0.4) is 0 Å². The summed E-state index contributed by atoms with van der Waals surface area (Å²) in [5.74, 6) is -0.152. The predicted molar refractivity (Wildman–Crippen MR) is 112 cm³/mol. The van der Waals surface area contributed by atoms with Crippen LogP contribution in [0.4, 0.5) is 13.2 Å². The zero-order valence-corrected chi connectivity index (χ0v) is 17.3. The minimum Gasteiger partial charge on any atom is -0.207 e. The van der Waals surface area contributed by atoms with E-state index >= 15 is 8.78 Å². The number of hydrogen-bond donors (Lipinski definition) is 0. The number of rotatable bonds is 5. The molecule has 0 amide bonds. The first-order valence-electron chi connectivity index (χ1n) is 11.3. The van der Waals surface area contributed by atoms with Crippen LogP contribution in [0.2, 0.25) is 0 Å². The molecule has 29 heavy (non-hydrogen) atoms. The highest BCUT2D eigenvalue weighted by Crippen LogP contribution is 2.41. The summed E-state index contributed by atoms with van der Waals surface area (Å²) in [5.41, 5.74) is 3.03. The number of fused-ring (bicyclic) bond motifs is 1. The molecule has 1 saturated carbocycles. The smallest absolute Gasteiger partial charge is 0.129 e. The molecule has 1 unspecified atom stereocenters. The Labute approximate surface area is 172 Å². The molecule has 0 saturated heterocycles. The Balaban J connectivity index is 1.48. The van der Waals surface area contributed by atoms with Crippen LogP contribution in [-0.2, 0) is 12.8 Å². The summed E-state index contributed by atoms with van der Waals surface area (Å²) in [6.07, 6.45) is 10.1. The Morgan fingerprint density at radius 3 is 2.24 bits per heavy atom. The Hall–Kier alpha value is -1.77. The van der Waals surface area contributed by atoms with Crippen molar-refractivity contribution in [3.05, 3.63) is 70.0 Å². The van der Waals surface area contributed by atoms with Crippen molar-refractivity contribution in [2.75, 3.05) is 0 Å². The van der Waals surface area contributed by atoms with E-state index in [-0.39, 0.29) is 23.2 Å². The average molecular weight is 401 g/mol. The molecular formula is C26H31F3. The van der Waals surface area contributed by atoms with Gasteiger partial charge in [-0.25, -0.2) is 13.2 Å². The van der Waals surface area contributed by atoms with Crippen LogP contribution in [-0.4, -0.2) is 0 Å². The van der Waals surface area contributed by atoms with E-state index in [1.54, 1.807) is 24.3 Å². The highest BCUT2D eigenvalue weighted by molar-refractivity contribution is 5.37. The first-order chi connectivity index (χ1) is 14.0. The molecule has 3 heteroatoms. The number of hydrogen-bond acceptors (Lipinski definition) is 0. The molecular weight excluding hydrogens is 369 g/mol. The monoisotopic (exact) mass is 400 g/mol. The first kappa shape index (κ1) is 20.5. The van der Waals surface area contributed by atoms with Gasteiger partial charge in [0.15, 0.2) is 0 Å². The quantitative estimate of drug-likeness (QED) is 0.479. The van der Waals surface area contributed by atoms with E-state index in [4.69, 9.17) is 0 Å². The largest absolute Gasteiger partial charge is 0.207 e. The van der Waals surface area contributed by atoms with Gasteiger partial charge in [-0.05, 0) is 104 Å². The Kier molecular flexibility index (Phi) is 6.32. The molecule has 0 nitrogen and oxygen atoms in total. The maximum absolute atomic E-state index is 15.0. The SMILES string of the molecule is CCCCC1CCC(c2cc(F)c(C3CCc4cc(F)ccc4C3)c(F)c2)CC1. The number of unbranched alkanes of at least 4 members (excludes halogenated alkanes) is 1. The zero-order chi connectivity index (χ0) is 20.4. The highest BCUT2D eigenvalue weighted by atomic mass is 19.1. The van der Waals surface area contributed by atoms with Crippen molar-refractivity contribution in [1.29, 1.82) is 0 Å². The van der Waals surface area contributed by atoms with E-state index in [1.807, 2.05) is 0 Å². The molecule has 0 aromatic heterocycles. The third-order valence-corrected chi connectivity index (χ3v) is 7.19. The fourth-order valence-electron chi connectivity index (χ4n) is 5.48. The van der Waals surface area contributed by atoms with Crippen molar-refractivity contribution in [3.8, 4) is 0 Å².